The molecule has 2 aliphatic carbocycles. The first kappa shape index (κ1) is 14.5. The molecule has 2 saturated carbocycles. The predicted molar refractivity (Wildman–Crippen MR) is 69.7 cm³/mol. The van der Waals surface area contributed by atoms with Crippen LogP contribution >= 0.6 is 11.8 Å². The Morgan fingerprint density at radius 3 is 2.33 bits per heavy atom. The van der Waals surface area contributed by atoms with Crippen molar-refractivity contribution in [3.63, 3.8) is 0 Å². The van der Waals surface area contributed by atoms with Crippen molar-refractivity contribution in [2.75, 3.05) is 12.3 Å². The van der Waals surface area contributed by atoms with Crippen LogP contribution < -0.4 is 5.32 Å². The highest BCUT2D eigenvalue weighted by Crippen LogP contribution is 2.42. The van der Waals surface area contributed by atoms with Crippen LogP contribution in [0.15, 0.2) is 0 Å². The minimum Gasteiger partial charge on any atom is -0.313 e. The molecule has 5 heteroatoms. The van der Waals surface area contributed by atoms with Crippen LogP contribution in [0.3, 0.4) is 0 Å². The van der Waals surface area contributed by atoms with Gasteiger partial charge in [-0.25, -0.2) is 0 Å². The summed E-state index contributed by atoms with van der Waals surface area (Å²) in [7, 11) is 0. The minimum absolute atomic E-state index is 0.138. The zero-order chi connectivity index (χ0) is 13.1. The Balaban J connectivity index is 1.78. The molecule has 0 radical (unpaired) electrons. The van der Waals surface area contributed by atoms with Gasteiger partial charge in [0, 0.05) is 18.3 Å². The lowest BCUT2D eigenvalue weighted by molar-refractivity contribution is -0.0329. The number of hydrogen-bond donors (Lipinski definition) is 1. The van der Waals surface area contributed by atoms with E-state index in [0.717, 1.165) is 19.4 Å². The van der Waals surface area contributed by atoms with Gasteiger partial charge in [0.1, 0.15) is 0 Å². The first-order valence-electron chi connectivity index (χ1n) is 6.93. The molecule has 0 aromatic heterocycles. The average Bonchev–Trinajstić information content (AvgIpc) is 3.10. The van der Waals surface area contributed by atoms with Crippen LogP contribution in [0, 0.1) is 5.41 Å². The third kappa shape index (κ3) is 5.00. The smallest absolute Gasteiger partial charge is 0.313 e. The van der Waals surface area contributed by atoms with E-state index in [1.807, 2.05) is 0 Å². The summed E-state index contributed by atoms with van der Waals surface area (Å²) in [6.45, 7) is 0.927. The first-order chi connectivity index (χ1) is 8.49. The summed E-state index contributed by atoms with van der Waals surface area (Å²) in [4.78, 5) is 0. The summed E-state index contributed by atoms with van der Waals surface area (Å²) in [6, 6.07) is 0.652. The fourth-order valence-electron chi connectivity index (χ4n) is 2.85. The highest BCUT2D eigenvalue weighted by molar-refractivity contribution is 8.00. The van der Waals surface area contributed by atoms with Gasteiger partial charge in [-0.2, -0.15) is 13.2 Å². The highest BCUT2D eigenvalue weighted by Gasteiger charge is 2.35. The number of alkyl halides is 3. The normalized spacial score (nSPS) is 24.2. The first-order valence-corrected chi connectivity index (χ1v) is 7.92. The van der Waals surface area contributed by atoms with Crippen LogP contribution in [0.2, 0.25) is 0 Å². The van der Waals surface area contributed by atoms with E-state index in [0.29, 0.717) is 12.5 Å². The number of rotatable bonds is 6. The van der Waals surface area contributed by atoms with Crippen molar-refractivity contribution >= 4 is 11.8 Å². The van der Waals surface area contributed by atoms with Gasteiger partial charge in [-0.05, 0) is 37.5 Å². The summed E-state index contributed by atoms with van der Waals surface area (Å²) in [5, 5.41) is 3.52. The number of nitrogens with one attached hydrogen (secondary N) is 1. The second-order valence-electron chi connectivity index (χ2n) is 5.76. The third-order valence-corrected chi connectivity index (χ3v) is 4.89. The largest absolute Gasteiger partial charge is 0.441 e. The van der Waals surface area contributed by atoms with Crippen molar-refractivity contribution in [1.82, 2.24) is 5.32 Å². The van der Waals surface area contributed by atoms with Crippen LogP contribution in [0.1, 0.15) is 51.4 Å². The molecule has 1 nitrogen and oxygen atoms in total. The van der Waals surface area contributed by atoms with Crippen molar-refractivity contribution in [2.24, 2.45) is 5.41 Å². The number of thioether (sulfide) groups is 1. The molecule has 0 bridgehead atoms. The predicted octanol–water partition coefficient (Wildman–Crippen LogP) is 4.33. The molecule has 0 aromatic rings. The fourth-order valence-corrected chi connectivity index (χ4v) is 3.62. The molecule has 18 heavy (non-hydrogen) atoms. The topological polar surface area (TPSA) is 12.0 Å². The molecule has 0 atom stereocenters. The monoisotopic (exact) mass is 281 g/mol. The van der Waals surface area contributed by atoms with Gasteiger partial charge >= 0.3 is 5.51 Å². The lowest BCUT2D eigenvalue weighted by Gasteiger charge is -2.38. The van der Waals surface area contributed by atoms with E-state index in [9.17, 15) is 13.2 Å². The minimum atomic E-state index is -4.07. The zero-order valence-corrected chi connectivity index (χ0v) is 11.5. The van der Waals surface area contributed by atoms with Gasteiger partial charge in [-0.15, -0.1) is 0 Å². The Bertz CT molecular complexity index is 257. The second-order valence-corrected chi connectivity index (χ2v) is 6.92. The van der Waals surface area contributed by atoms with E-state index in [4.69, 9.17) is 0 Å². The van der Waals surface area contributed by atoms with Gasteiger partial charge in [0.15, 0.2) is 0 Å². The molecule has 2 aliphatic rings. The molecule has 2 rings (SSSR count). The van der Waals surface area contributed by atoms with E-state index in [1.165, 1.54) is 32.1 Å². The Morgan fingerprint density at radius 2 is 1.78 bits per heavy atom. The Morgan fingerprint density at radius 1 is 1.11 bits per heavy atom. The highest BCUT2D eigenvalue weighted by atomic mass is 32.2. The molecule has 0 spiro atoms. The lowest BCUT2D eigenvalue weighted by atomic mass is 9.72. The number of halogens is 3. The molecule has 0 unspecified atom stereocenters. The van der Waals surface area contributed by atoms with Crippen molar-refractivity contribution in [1.29, 1.82) is 0 Å². The van der Waals surface area contributed by atoms with Crippen molar-refractivity contribution in [3.05, 3.63) is 0 Å². The Kier molecular flexibility index (Phi) is 4.86. The van der Waals surface area contributed by atoms with Gasteiger partial charge < -0.3 is 5.32 Å². The quantitative estimate of drug-likeness (QED) is 0.777. The van der Waals surface area contributed by atoms with Crippen LogP contribution in [0.5, 0.6) is 0 Å². The van der Waals surface area contributed by atoms with Crippen LogP contribution in [-0.4, -0.2) is 23.8 Å². The van der Waals surface area contributed by atoms with Crippen molar-refractivity contribution < 1.29 is 13.2 Å². The van der Waals surface area contributed by atoms with Crippen molar-refractivity contribution in [2.45, 2.75) is 62.9 Å². The molecule has 2 fully saturated rings. The van der Waals surface area contributed by atoms with Gasteiger partial charge in [0.2, 0.25) is 0 Å². The average molecular weight is 281 g/mol. The summed E-state index contributed by atoms with van der Waals surface area (Å²) in [5.41, 5.74) is -3.93. The maximum Gasteiger partial charge on any atom is 0.441 e. The van der Waals surface area contributed by atoms with E-state index in [-0.39, 0.29) is 22.9 Å². The molecule has 106 valence electrons. The molecule has 0 heterocycles. The molecule has 0 amide bonds. The SMILES string of the molecule is FC(F)(F)SCCC1(CNC2CC2)CCCCC1. The Labute approximate surface area is 111 Å². The van der Waals surface area contributed by atoms with Crippen molar-refractivity contribution in [3.8, 4) is 0 Å². The molecular weight excluding hydrogens is 259 g/mol. The molecule has 0 aromatic carbocycles. The van der Waals surface area contributed by atoms with Crippen LogP contribution in [-0.2, 0) is 0 Å². The lowest BCUT2D eigenvalue weighted by Crippen LogP contribution is -2.37. The molecule has 0 saturated heterocycles. The number of hydrogen-bond acceptors (Lipinski definition) is 2. The van der Waals surface area contributed by atoms with Gasteiger partial charge in [0.25, 0.3) is 0 Å². The summed E-state index contributed by atoms with van der Waals surface area (Å²) < 4.78 is 36.6. The molecule has 1 N–H and O–H groups in total. The van der Waals surface area contributed by atoms with Crippen LogP contribution in [0.4, 0.5) is 13.2 Å². The standard InChI is InChI=1S/C13H22F3NS/c14-13(15,16)18-9-8-12(6-2-1-3-7-12)10-17-11-4-5-11/h11,17H,1-10H2. The second kappa shape index (κ2) is 6.04. The van der Waals surface area contributed by atoms with Gasteiger partial charge in [-0.1, -0.05) is 31.0 Å². The van der Waals surface area contributed by atoms with Crippen LogP contribution in [0.25, 0.3) is 0 Å². The molecular formula is C13H22F3NS. The van der Waals surface area contributed by atoms with E-state index < -0.39 is 5.51 Å². The van der Waals surface area contributed by atoms with Gasteiger partial charge in [-0.3, -0.25) is 0 Å². The summed E-state index contributed by atoms with van der Waals surface area (Å²) >= 11 is 0.148. The van der Waals surface area contributed by atoms with Gasteiger partial charge in [0.05, 0.1) is 0 Å². The zero-order valence-electron chi connectivity index (χ0n) is 10.7. The van der Waals surface area contributed by atoms with E-state index in [1.54, 1.807) is 0 Å². The maximum absolute atomic E-state index is 12.2. The van der Waals surface area contributed by atoms with E-state index in [2.05, 4.69) is 5.32 Å². The fraction of sp³-hybridized carbons (Fsp3) is 1.00. The maximum atomic E-state index is 12.2. The summed E-state index contributed by atoms with van der Waals surface area (Å²) in [5.74, 6) is 0.218. The molecule has 0 aliphatic heterocycles. The van der Waals surface area contributed by atoms with E-state index >= 15 is 0 Å². The summed E-state index contributed by atoms with van der Waals surface area (Å²) in [6.07, 6.45) is 9.01. The Hall–Kier alpha value is 0.1000. The third-order valence-electron chi connectivity index (χ3n) is 4.16.